The van der Waals surface area contributed by atoms with Crippen molar-refractivity contribution in [2.45, 2.75) is 39.3 Å². The van der Waals surface area contributed by atoms with E-state index in [0.717, 1.165) is 17.0 Å². The molecule has 1 aliphatic rings. The lowest BCUT2D eigenvalue weighted by Crippen LogP contribution is -2.51. The number of ether oxygens (including phenoxy) is 1. The van der Waals surface area contributed by atoms with E-state index < -0.39 is 11.9 Å². The number of nitrogens with one attached hydrogen (secondary N) is 2. The molecular formula is C32H36N6O5. The summed E-state index contributed by atoms with van der Waals surface area (Å²) in [5.41, 5.74) is 2.11. The van der Waals surface area contributed by atoms with Gasteiger partial charge in [0.05, 0.1) is 19.3 Å². The van der Waals surface area contributed by atoms with Crippen molar-refractivity contribution in [1.82, 2.24) is 30.1 Å². The molecule has 0 unspecified atom stereocenters. The third-order valence-corrected chi connectivity index (χ3v) is 7.13. The molecule has 0 spiro atoms. The van der Waals surface area contributed by atoms with Crippen LogP contribution in [0.4, 0.5) is 0 Å². The summed E-state index contributed by atoms with van der Waals surface area (Å²) in [6, 6.07) is 13.9. The molecule has 0 saturated heterocycles. The summed E-state index contributed by atoms with van der Waals surface area (Å²) < 4.78 is 13.3. The Labute approximate surface area is 250 Å². The number of rotatable bonds is 4. The van der Waals surface area contributed by atoms with Gasteiger partial charge in [-0.3, -0.25) is 14.4 Å². The van der Waals surface area contributed by atoms with E-state index in [1.165, 1.54) is 11.3 Å². The van der Waals surface area contributed by atoms with Crippen LogP contribution < -0.4 is 15.4 Å². The van der Waals surface area contributed by atoms with Crippen LogP contribution in [-0.2, 0) is 16.1 Å². The molecule has 11 heteroatoms. The van der Waals surface area contributed by atoms with Crippen molar-refractivity contribution in [3.63, 3.8) is 0 Å². The molecule has 1 atom stereocenters. The molecule has 4 aromatic rings. The predicted molar refractivity (Wildman–Crippen MR) is 160 cm³/mol. The van der Waals surface area contributed by atoms with Gasteiger partial charge in [0, 0.05) is 48.7 Å². The van der Waals surface area contributed by atoms with Crippen LogP contribution in [0, 0.1) is 5.92 Å². The molecular weight excluding hydrogens is 548 g/mol. The first-order valence-electron chi connectivity index (χ1n) is 14.5. The fourth-order valence-corrected chi connectivity index (χ4v) is 5.03. The minimum absolute atomic E-state index is 0.166. The number of carbonyl (C=O) groups is 3. The average Bonchev–Trinajstić information content (AvgIpc) is 3.71. The number of imidazole rings is 1. The van der Waals surface area contributed by atoms with Crippen molar-refractivity contribution in [2.75, 3.05) is 26.2 Å². The number of aromatic nitrogens is 3. The third-order valence-electron chi connectivity index (χ3n) is 7.13. The van der Waals surface area contributed by atoms with Crippen LogP contribution in [0.2, 0.25) is 0 Å². The van der Waals surface area contributed by atoms with Gasteiger partial charge in [0.15, 0.2) is 12.2 Å². The van der Waals surface area contributed by atoms with E-state index in [9.17, 15) is 14.4 Å². The van der Waals surface area contributed by atoms with Crippen molar-refractivity contribution in [3.8, 4) is 28.5 Å². The molecule has 0 saturated carbocycles. The number of carbonyl (C=O) groups excluding carboxylic acids is 3. The average molecular weight is 585 g/mol. The summed E-state index contributed by atoms with van der Waals surface area (Å²) in [6.45, 7) is 5.28. The number of hydrogen-bond acceptors (Lipinski definition) is 7. The van der Waals surface area contributed by atoms with Crippen LogP contribution in [0.5, 0.6) is 5.75 Å². The molecule has 2 aromatic heterocycles. The van der Waals surface area contributed by atoms with Gasteiger partial charge in [0.2, 0.25) is 11.8 Å². The molecule has 2 bridgehead atoms. The maximum Gasteiger partial charge on any atom is 0.254 e. The molecule has 5 rings (SSSR count). The monoisotopic (exact) mass is 584 g/mol. The summed E-state index contributed by atoms with van der Waals surface area (Å²) in [7, 11) is 0. The van der Waals surface area contributed by atoms with Crippen LogP contribution in [0.3, 0.4) is 0 Å². The smallest absolute Gasteiger partial charge is 0.254 e. The van der Waals surface area contributed by atoms with E-state index in [-0.39, 0.29) is 30.8 Å². The lowest BCUT2D eigenvalue weighted by atomic mass is 10.0. The summed E-state index contributed by atoms with van der Waals surface area (Å²) >= 11 is 0. The highest BCUT2D eigenvalue weighted by atomic mass is 16.5. The van der Waals surface area contributed by atoms with Crippen molar-refractivity contribution >= 4 is 17.7 Å². The van der Waals surface area contributed by atoms with Crippen LogP contribution in [0.25, 0.3) is 22.7 Å². The molecule has 0 aliphatic carbocycles. The van der Waals surface area contributed by atoms with Crippen molar-refractivity contribution < 1.29 is 23.5 Å². The van der Waals surface area contributed by atoms with Gasteiger partial charge in [-0.25, -0.2) is 9.97 Å². The molecule has 224 valence electrons. The second-order valence-corrected chi connectivity index (χ2v) is 10.9. The van der Waals surface area contributed by atoms with Gasteiger partial charge in [-0.1, -0.05) is 38.1 Å². The fraction of sp³-hybridized carbons (Fsp3) is 0.344. The number of fused-ring (bicyclic) bond motifs is 4. The molecule has 2 aromatic carbocycles. The SMILES string of the molecule is CC(C)C[C@H]1NC(=O)CN(C(=O)c2ccc(-c3cnco3)cc2)CCCOc2cccc(c2)-c2nccn2CCNC1=O. The van der Waals surface area contributed by atoms with E-state index >= 15 is 0 Å². The molecule has 3 heterocycles. The van der Waals surface area contributed by atoms with E-state index in [1.54, 1.807) is 36.7 Å². The lowest BCUT2D eigenvalue weighted by Gasteiger charge is -2.25. The van der Waals surface area contributed by atoms with E-state index in [0.29, 0.717) is 49.6 Å². The van der Waals surface area contributed by atoms with Crippen molar-refractivity contribution in [1.29, 1.82) is 0 Å². The van der Waals surface area contributed by atoms with Gasteiger partial charge in [0.1, 0.15) is 17.6 Å². The molecule has 2 N–H and O–H groups in total. The number of nitrogens with zero attached hydrogens (tertiary/aromatic N) is 4. The Hall–Kier alpha value is -4.93. The molecule has 0 radical (unpaired) electrons. The normalized spacial score (nSPS) is 16.8. The van der Waals surface area contributed by atoms with Crippen LogP contribution in [0.1, 0.15) is 37.0 Å². The van der Waals surface area contributed by atoms with Gasteiger partial charge in [0.25, 0.3) is 5.91 Å². The van der Waals surface area contributed by atoms with E-state index in [4.69, 9.17) is 9.15 Å². The first-order valence-corrected chi connectivity index (χ1v) is 14.5. The van der Waals surface area contributed by atoms with Crippen LogP contribution >= 0.6 is 0 Å². The topological polar surface area (TPSA) is 132 Å². The van der Waals surface area contributed by atoms with E-state index in [2.05, 4.69) is 20.6 Å². The second kappa shape index (κ2) is 13.8. The highest BCUT2D eigenvalue weighted by Gasteiger charge is 2.25. The highest BCUT2D eigenvalue weighted by molar-refractivity contribution is 5.97. The Balaban J connectivity index is 1.37. The Kier molecular flexibility index (Phi) is 9.50. The van der Waals surface area contributed by atoms with Gasteiger partial charge >= 0.3 is 0 Å². The zero-order valence-electron chi connectivity index (χ0n) is 24.4. The predicted octanol–water partition coefficient (Wildman–Crippen LogP) is 3.78. The third kappa shape index (κ3) is 7.68. The maximum absolute atomic E-state index is 13.6. The lowest BCUT2D eigenvalue weighted by molar-refractivity contribution is -0.129. The molecule has 1 aliphatic heterocycles. The van der Waals surface area contributed by atoms with Gasteiger partial charge in [-0.15, -0.1) is 0 Å². The van der Waals surface area contributed by atoms with Crippen LogP contribution in [0.15, 0.2) is 77.9 Å². The molecule has 0 fully saturated rings. The standard InChI is InChI=1S/C32H36N6O5/c1-22(2)17-27-31(40)35-12-15-37-14-11-34-30(37)25-5-3-6-26(18-25)42-16-4-13-38(20-29(39)36-27)32(41)24-9-7-23(8-10-24)28-19-33-21-43-28/h3,5-11,14,18-19,21-22,27H,4,12-13,15-17,20H2,1-2H3,(H,35,40)(H,36,39)/t27-/m1/s1. The quantitative estimate of drug-likeness (QED) is 0.373. The zero-order valence-corrected chi connectivity index (χ0v) is 24.4. The Morgan fingerprint density at radius 3 is 2.70 bits per heavy atom. The van der Waals surface area contributed by atoms with Crippen molar-refractivity contribution in [3.05, 3.63) is 79.1 Å². The summed E-state index contributed by atoms with van der Waals surface area (Å²) in [5.74, 6) is 1.23. The molecule has 3 amide bonds. The summed E-state index contributed by atoms with van der Waals surface area (Å²) in [6.07, 6.45) is 7.50. The first-order chi connectivity index (χ1) is 20.9. The van der Waals surface area contributed by atoms with Gasteiger partial charge in [-0.05, 0) is 43.0 Å². The summed E-state index contributed by atoms with van der Waals surface area (Å²) in [4.78, 5) is 50.0. The number of hydrogen-bond donors (Lipinski definition) is 2. The molecule has 11 nitrogen and oxygen atoms in total. The van der Waals surface area contributed by atoms with E-state index in [1.807, 2.05) is 48.9 Å². The summed E-state index contributed by atoms with van der Waals surface area (Å²) in [5, 5.41) is 5.83. The Morgan fingerprint density at radius 2 is 1.93 bits per heavy atom. The highest BCUT2D eigenvalue weighted by Crippen LogP contribution is 2.23. The Bertz CT molecular complexity index is 1530. The van der Waals surface area contributed by atoms with Crippen molar-refractivity contribution in [2.24, 2.45) is 5.92 Å². The maximum atomic E-state index is 13.6. The fourth-order valence-electron chi connectivity index (χ4n) is 5.03. The number of amides is 3. The number of benzene rings is 2. The zero-order chi connectivity index (χ0) is 30.2. The number of oxazole rings is 1. The van der Waals surface area contributed by atoms with Gasteiger partial charge in [-0.2, -0.15) is 0 Å². The minimum atomic E-state index is -0.730. The first kappa shape index (κ1) is 29.6. The Morgan fingerprint density at radius 1 is 1.09 bits per heavy atom. The van der Waals surface area contributed by atoms with Crippen LogP contribution in [-0.4, -0.2) is 69.4 Å². The largest absolute Gasteiger partial charge is 0.494 e. The second-order valence-electron chi connectivity index (χ2n) is 10.9. The molecule has 43 heavy (non-hydrogen) atoms. The van der Waals surface area contributed by atoms with Gasteiger partial charge < -0.3 is 29.3 Å². The minimum Gasteiger partial charge on any atom is -0.494 e.